The fourth-order valence-corrected chi connectivity index (χ4v) is 3.83. The summed E-state index contributed by atoms with van der Waals surface area (Å²) >= 11 is 1.05. The van der Waals surface area contributed by atoms with Gasteiger partial charge < -0.3 is 14.7 Å². The van der Waals surface area contributed by atoms with Crippen LogP contribution in [0.4, 0.5) is 22.4 Å². The van der Waals surface area contributed by atoms with Gasteiger partial charge in [0, 0.05) is 30.8 Å². The van der Waals surface area contributed by atoms with E-state index in [4.69, 9.17) is 9.84 Å². The maximum Gasteiger partial charge on any atom is 0.511 e. The number of hydrogen-bond donors (Lipinski definition) is 1. The normalized spacial score (nSPS) is 14.7. The summed E-state index contributed by atoms with van der Waals surface area (Å²) in [6.07, 6.45) is 1.98. The van der Waals surface area contributed by atoms with E-state index in [1.165, 1.54) is 6.08 Å². The standard InChI is InChI=1S/C20H23F4NO3S/c1-13(2)7-10-25-9-3-4-17(28-19(26)27)18(25)29-11-8-20(23,24)14-5-6-15(21)16(22)12-14/h3-6,12-13H,7-11H2,1-2H3,(H,26,27). The molecule has 0 bridgehead atoms. The van der Waals surface area contributed by atoms with Crippen LogP contribution < -0.4 is 0 Å². The fraction of sp³-hybridized carbons (Fsp3) is 0.450. The number of carbonyl (C=O) groups is 1. The summed E-state index contributed by atoms with van der Waals surface area (Å²) in [7, 11) is 0. The van der Waals surface area contributed by atoms with Gasteiger partial charge in [0.05, 0.1) is 0 Å². The SMILES string of the molecule is CC(C)CCN1CC=CC(OC(=O)O)=C1SCCC(F)(F)c1ccc(F)c(F)c1. The molecule has 1 aromatic carbocycles. The minimum absolute atomic E-state index is 0.0696. The molecule has 1 N–H and O–H groups in total. The maximum atomic E-state index is 14.4. The largest absolute Gasteiger partial charge is 0.511 e. The van der Waals surface area contributed by atoms with Crippen LogP contribution >= 0.6 is 11.8 Å². The van der Waals surface area contributed by atoms with Crippen molar-refractivity contribution in [1.29, 1.82) is 0 Å². The van der Waals surface area contributed by atoms with Gasteiger partial charge in [-0.25, -0.2) is 22.4 Å². The second kappa shape index (κ2) is 10.0. The third kappa shape index (κ3) is 6.69. The molecule has 0 spiro atoms. The molecule has 0 aliphatic carbocycles. The van der Waals surface area contributed by atoms with Gasteiger partial charge in [0.15, 0.2) is 17.4 Å². The van der Waals surface area contributed by atoms with Gasteiger partial charge in [-0.05, 0) is 36.6 Å². The average molecular weight is 433 g/mol. The minimum Gasteiger partial charge on any atom is -0.449 e. The summed E-state index contributed by atoms with van der Waals surface area (Å²) in [4.78, 5) is 12.8. The van der Waals surface area contributed by atoms with Gasteiger partial charge in [-0.2, -0.15) is 0 Å². The Bertz CT molecular complexity index is 796. The van der Waals surface area contributed by atoms with Gasteiger partial charge in [-0.15, -0.1) is 11.8 Å². The summed E-state index contributed by atoms with van der Waals surface area (Å²) in [6, 6.07) is 2.03. The van der Waals surface area contributed by atoms with Gasteiger partial charge in [0.1, 0.15) is 5.03 Å². The first-order valence-electron chi connectivity index (χ1n) is 9.13. The van der Waals surface area contributed by atoms with Gasteiger partial charge >= 0.3 is 6.16 Å². The van der Waals surface area contributed by atoms with Crippen LogP contribution in [0, 0.1) is 17.6 Å². The molecule has 1 aliphatic rings. The molecule has 2 rings (SSSR count). The highest BCUT2D eigenvalue weighted by atomic mass is 32.2. The van der Waals surface area contributed by atoms with Crippen molar-refractivity contribution in [3.8, 4) is 0 Å². The maximum absolute atomic E-state index is 14.4. The molecule has 0 amide bonds. The first-order chi connectivity index (χ1) is 13.6. The predicted molar refractivity (Wildman–Crippen MR) is 104 cm³/mol. The van der Waals surface area contributed by atoms with E-state index in [2.05, 4.69) is 0 Å². The number of nitrogens with zero attached hydrogens (tertiary/aromatic N) is 1. The highest BCUT2D eigenvalue weighted by Crippen LogP contribution is 2.37. The highest BCUT2D eigenvalue weighted by Gasteiger charge is 2.32. The molecule has 0 atom stereocenters. The van der Waals surface area contributed by atoms with E-state index in [-0.39, 0.29) is 11.5 Å². The Labute approximate surface area is 171 Å². The Morgan fingerprint density at radius 1 is 1.31 bits per heavy atom. The lowest BCUT2D eigenvalue weighted by Crippen LogP contribution is -2.28. The van der Waals surface area contributed by atoms with Crippen molar-refractivity contribution in [3.05, 3.63) is 58.3 Å². The summed E-state index contributed by atoms with van der Waals surface area (Å²) < 4.78 is 59.9. The van der Waals surface area contributed by atoms with Crippen molar-refractivity contribution >= 4 is 17.9 Å². The predicted octanol–water partition coefficient (Wildman–Crippen LogP) is 5.96. The van der Waals surface area contributed by atoms with Crippen LogP contribution in [0.1, 0.15) is 32.3 Å². The first kappa shape index (κ1) is 23.1. The molecule has 9 heteroatoms. The van der Waals surface area contributed by atoms with Gasteiger partial charge in [0.2, 0.25) is 0 Å². The van der Waals surface area contributed by atoms with Crippen LogP contribution in [0.15, 0.2) is 41.1 Å². The molecule has 29 heavy (non-hydrogen) atoms. The molecule has 160 valence electrons. The average Bonchev–Trinajstić information content (AvgIpc) is 2.63. The number of rotatable bonds is 9. The Balaban J connectivity index is 2.11. The molecule has 0 radical (unpaired) electrons. The van der Waals surface area contributed by atoms with E-state index in [9.17, 15) is 22.4 Å². The second-order valence-corrected chi connectivity index (χ2v) is 8.08. The minimum atomic E-state index is -3.36. The Kier molecular flexibility index (Phi) is 8.01. The number of hydrogen-bond acceptors (Lipinski definition) is 4. The molecule has 1 aromatic rings. The zero-order valence-electron chi connectivity index (χ0n) is 16.1. The summed E-state index contributed by atoms with van der Waals surface area (Å²) in [5.41, 5.74) is -0.604. The summed E-state index contributed by atoms with van der Waals surface area (Å²) in [5.74, 6) is -5.44. The zero-order valence-corrected chi connectivity index (χ0v) is 16.9. The Hall–Kier alpha value is -2.16. The fourth-order valence-electron chi connectivity index (χ4n) is 2.68. The number of allylic oxidation sites excluding steroid dienone is 1. The van der Waals surface area contributed by atoms with Crippen LogP contribution in [-0.2, 0) is 10.7 Å². The molecule has 4 nitrogen and oxygen atoms in total. The smallest absolute Gasteiger partial charge is 0.449 e. The van der Waals surface area contributed by atoms with E-state index in [1.54, 1.807) is 6.08 Å². The topological polar surface area (TPSA) is 49.8 Å². The van der Waals surface area contributed by atoms with Crippen LogP contribution in [0.3, 0.4) is 0 Å². The van der Waals surface area contributed by atoms with E-state index < -0.39 is 35.7 Å². The lowest BCUT2D eigenvalue weighted by Gasteiger charge is -2.30. The molecule has 1 aliphatic heterocycles. The molecule has 0 aromatic heterocycles. The summed E-state index contributed by atoms with van der Waals surface area (Å²) in [6.45, 7) is 5.23. The number of thioether (sulfide) groups is 1. The molecule has 1 heterocycles. The molecule has 0 fully saturated rings. The molecular formula is C20H23F4NO3S. The number of carboxylic acid groups (broad SMARTS) is 1. The van der Waals surface area contributed by atoms with Crippen molar-refractivity contribution in [2.45, 2.75) is 32.6 Å². The Morgan fingerprint density at radius 2 is 2.03 bits per heavy atom. The molecule has 0 unspecified atom stereocenters. The van der Waals surface area contributed by atoms with Gasteiger partial charge in [-0.3, -0.25) is 0 Å². The molecular weight excluding hydrogens is 410 g/mol. The quantitative estimate of drug-likeness (QED) is 0.385. The zero-order chi connectivity index (χ0) is 21.6. The number of benzene rings is 1. The van der Waals surface area contributed by atoms with Crippen LogP contribution in [-0.4, -0.2) is 35.0 Å². The van der Waals surface area contributed by atoms with Gasteiger partial charge in [-0.1, -0.05) is 19.9 Å². The number of halogens is 4. The lowest BCUT2D eigenvalue weighted by molar-refractivity contribution is -0.00741. The van der Waals surface area contributed by atoms with Crippen molar-refractivity contribution in [2.24, 2.45) is 5.92 Å². The lowest BCUT2D eigenvalue weighted by atomic mass is 10.1. The van der Waals surface area contributed by atoms with Crippen LogP contribution in [0.2, 0.25) is 0 Å². The van der Waals surface area contributed by atoms with Crippen molar-refractivity contribution in [1.82, 2.24) is 4.90 Å². The highest BCUT2D eigenvalue weighted by molar-refractivity contribution is 8.03. The number of ether oxygens (including phenoxy) is 1. The summed E-state index contributed by atoms with van der Waals surface area (Å²) in [5, 5.41) is 9.40. The first-order valence-corrected chi connectivity index (χ1v) is 10.1. The monoisotopic (exact) mass is 433 g/mol. The third-order valence-corrected chi connectivity index (χ3v) is 5.40. The van der Waals surface area contributed by atoms with Crippen molar-refractivity contribution in [2.75, 3.05) is 18.8 Å². The van der Waals surface area contributed by atoms with Crippen molar-refractivity contribution in [3.63, 3.8) is 0 Å². The second-order valence-electron chi connectivity index (χ2n) is 7.00. The van der Waals surface area contributed by atoms with E-state index >= 15 is 0 Å². The van der Waals surface area contributed by atoms with Gasteiger partial charge in [0.25, 0.3) is 5.92 Å². The van der Waals surface area contributed by atoms with Crippen molar-refractivity contribution < 1.29 is 32.2 Å². The van der Waals surface area contributed by atoms with Crippen LogP contribution in [0.5, 0.6) is 0 Å². The van der Waals surface area contributed by atoms with Crippen LogP contribution in [0.25, 0.3) is 0 Å². The molecule has 0 saturated heterocycles. The van der Waals surface area contributed by atoms with E-state index in [1.807, 2.05) is 18.7 Å². The molecule has 0 saturated carbocycles. The van der Waals surface area contributed by atoms with E-state index in [0.29, 0.717) is 36.2 Å². The van der Waals surface area contributed by atoms with E-state index in [0.717, 1.165) is 24.2 Å². The number of alkyl halides is 2. The Morgan fingerprint density at radius 3 is 2.66 bits per heavy atom. The third-order valence-electron chi connectivity index (χ3n) is 4.26.